The van der Waals surface area contributed by atoms with E-state index in [1.807, 2.05) is 6.07 Å². The summed E-state index contributed by atoms with van der Waals surface area (Å²) in [7, 11) is 2.14. The van der Waals surface area contributed by atoms with E-state index in [4.69, 9.17) is 0 Å². The highest BCUT2D eigenvalue weighted by molar-refractivity contribution is 5.82. The molecule has 1 aromatic carbocycles. The highest BCUT2D eigenvalue weighted by Gasteiger charge is 2.34. The molecule has 2 atom stereocenters. The predicted molar refractivity (Wildman–Crippen MR) is 84.0 cm³/mol. The fourth-order valence-electron chi connectivity index (χ4n) is 3.41. The summed E-state index contributed by atoms with van der Waals surface area (Å²) >= 11 is 0. The first-order valence-corrected chi connectivity index (χ1v) is 8.03. The summed E-state index contributed by atoms with van der Waals surface area (Å²) in [5.74, 6) is 0.289. The first-order valence-electron chi connectivity index (χ1n) is 8.03. The topological polar surface area (TPSA) is 35.6 Å². The Hall–Kier alpha value is -1.39. The lowest BCUT2D eigenvalue weighted by Gasteiger charge is -2.42. The average Bonchev–Trinajstić information content (AvgIpc) is 2.56. The smallest absolute Gasteiger partial charge is 0.240 e. The van der Waals surface area contributed by atoms with Crippen molar-refractivity contribution in [2.75, 3.05) is 33.2 Å². The Morgan fingerprint density at radius 3 is 2.71 bits per heavy atom. The van der Waals surface area contributed by atoms with Crippen LogP contribution in [0.25, 0.3) is 0 Å². The molecule has 4 heteroatoms. The second-order valence-corrected chi connectivity index (χ2v) is 6.22. The first kappa shape index (κ1) is 14.5. The predicted octanol–water partition coefficient (Wildman–Crippen LogP) is 1.64. The van der Waals surface area contributed by atoms with Crippen molar-refractivity contribution in [1.82, 2.24) is 15.1 Å². The van der Waals surface area contributed by atoms with Crippen molar-refractivity contribution >= 4 is 5.91 Å². The minimum Gasteiger partial charge on any atom is -0.332 e. The van der Waals surface area contributed by atoms with Crippen LogP contribution in [0, 0.1) is 0 Å². The monoisotopic (exact) mass is 287 g/mol. The van der Waals surface area contributed by atoms with E-state index in [1.54, 1.807) is 0 Å². The average molecular weight is 287 g/mol. The number of hydrogen-bond donors (Lipinski definition) is 1. The number of nitrogens with one attached hydrogen (secondary N) is 1. The molecular formula is C17H25N3O. The van der Waals surface area contributed by atoms with Crippen molar-refractivity contribution in [3.05, 3.63) is 35.9 Å². The molecule has 0 aromatic heterocycles. The van der Waals surface area contributed by atoms with Crippen molar-refractivity contribution in [2.45, 2.75) is 31.3 Å². The van der Waals surface area contributed by atoms with Crippen LogP contribution >= 0.6 is 0 Å². The van der Waals surface area contributed by atoms with E-state index in [1.165, 1.54) is 12.0 Å². The van der Waals surface area contributed by atoms with E-state index in [-0.39, 0.29) is 18.0 Å². The molecule has 114 valence electrons. The molecule has 2 aliphatic heterocycles. The molecule has 0 saturated carbocycles. The van der Waals surface area contributed by atoms with Gasteiger partial charge in [0, 0.05) is 19.6 Å². The Morgan fingerprint density at radius 2 is 2.00 bits per heavy atom. The third-order valence-corrected chi connectivity index (χ3v) is 4.66. The first-order chi connectivity index (χ1) is 10.3. The Morgan fingerprint density at radius 1 is 1.19 bits per heavy atom. The van der Waals surface area contributed by atoms with Crippen LogP contribution in [-0.2, 0) is 4.79 Å². The van der Waals surface area contributed by atoms with Crippen molar-refractivity contribution in [1.29, 1.82) is 0 Å². The summed E-state index contributed by atoms with van der Waals surface area (Å²) in [5, 5.41) is 3.39. The standard InChI is InChI=1S/C17H25N3O/c1-19-11-12-20(17(21)15-9-5-6-10-18-15)16(13-19)14-7-3-2-4-8-14/h2-4,7-8,15-16,18H,5-6,9-13H2,1H3/t15-,16?/m0/s1. The number of carbonyl (C=O) groups is 1. The highest BCUT2D eigenvalue weighted by atomic mass is 16.2. The van der Waals surface area contributed by atoms with Gasteiger partial charge >= 0.3 is 0 Å². The minimum absolute atomic E-state index is 0.0216. The van der Waals surface area contributed by atoms with Crippen LogP contribution < -0.4 is 5.32 Å². The summed E-state index contributed by atoms with van der Waals surface area (Å²) in [5.41, 5.74) is 1.24. The Labute approximate surface area is 127 Å². The van der Waals surface area contributed by atoms with Gasteiger partial charge in [-0.05, 0) is 32.0 Å². The van der Waals surface area contributed by atoms with E-state index < -0.39 is 0 Å². The third kappa shape index (κ3) is 3.27. The molecule has 2 fully saturated rings. The molecule has 4 nitrogen and oxygen atoms in total. The van der Waals surface area contributed by atoms with Gasteiger partial charge in [-0.1, -0.05) is 36.8 Å². The van der Waals surface area contributed by atoms with Crippen molar-refractivity contribution in [3.63, 3.8) is 0 Å². The van der Waals surface area contributed by atoms with Crippen molar-refractivity contribution in [3.8, 4) is 0 Å². The molecule has 0 aliphatic carbocycles. The zero-order chi connectivity index (χ0) is 14.7. The number of amides is 1. The second-order valence-electron chi connectivity index (χ2n) is 6.22. The van der Waals surface area contributed by atoms with E-state index in [9.17, 15) is 4.79 Å². The molecule has 2 heterocycles. The van der Waals surface area contributed by atoms with Gasteiger partial charge in [-0.2, -0.15) is 0 Å². The number of rotatable bonds is 2. The van der Waals surface area contributed by atoms with Gasteiger partial charge in [0.25, 0.3) is 0 Å². The number of piperidine rings is 1. The van der Waals surface area contributed by atoms with E-state index in [0.717, 1.165) is 39.0 Å². The van der Waals surface area contributed by atoms with Crippen LogP contribution in [0.3, 0.4) is 0 Å². The van der Waals surface area contributed by atoms with E-state index in [0.29, 0.717) is 0 Å². The van der Waals surface area contributed by atoms with Gasteiger partial charge in [0.1, 0.15) is 0 Å². The lowest BCUT2D eigenvalue weighted by molar-refractivity contribution is -0.139. The molecule has 2 aliphatic rings. The SMILES string of the molecule is CN1CCN(C(=O)[C@@H]2CCCCN2)C(c2ccccc2)C1. The Balaban J connectivity index is 1.79. The molecule has 0 bridgehead atoms. The highest BCUT2D eigenvalue weighted by Crippen LogP contribution is 2.26. The lowest BCUT2D eigenvalue weighted by atomic mass is 9.98. The molecule has 2 saturated heterocycles. The molecule has 1 amide bonds. The number of piperazine rings is 1. The lowest BCUT2D eigenvalue weighted by Crippen LogP contribution is -2.55. The van der Waals surface area contributed by atoms with Gasteiger partial charge in [-0.15, -0.1) is 0 Å². The van der Waals surface area contributed by atoms with Crippen molar-refractivity contribution < 1.29 is 4.79 Å². The largest absolute Gasteiger partial charge is 0.332 e. The molecule has 1 N–H and O–H groups in total. The van der Waals surface area contributed by atoms with Gasteiger partial charge in [0.15, 0.2) is 0 Å². The number of nitrogens with zero attached hydrogens (tertiary/aromatic N) is 2. The van der Waals surface area contributed by atoms with Crippen LogP contribution in [0.4, 0.5) is 0 Å². The van der Waals surface area contributed by atoms with Gasteiger partial charge in [-0.25, -0.2) is 0 Å². The molecule has 0 radical (unpaired) electrons. The number of likely N-dealkylation sites (N-methyl/N-ethyl adjacent to an activating group) is 1. The Kier molecular flexibility index (Phi) is 4.56. The van der Waals surface area contributed by atoms with Gasteiger partial charge < -0.3 is 15.1 Å². The second kappa shape index (κ2) is 6.58. The van der Waals surface area contributed by atoms with E-state index >= 15 is 0 Å². The molecular weight excluding hydrogens is 262 g/mol. The molecule has 1 unspecified atom stereocenters. The maximum Gasteiger partial charge on any atom is 0.240 e. The van der Waals surface area contributed by atoms with Crippen LogP contribution in [0.1, 0.15) is 30.9 Å². The Bertz CT molecular complexity index is 470. The number of hydrogen-bond acceptors (Lipinski definition) is 3. The summed E-state index contributed by atoms with van der Waals surface area (Å²) in [6, 6.07) is 10.6. The van der Waals surface area contributed by atoms with Gasteiger partial charge in [0.05, 0.1) is 12.1 Å². The van der Waals surface area contributed by atoms with Crippen LogP contribution in [0.2, 0.25) is 0 Å². The maximum atomic E-state index is 12.9. The number of benzene rings is 1. The molecule has 1 aromatic rings. The molecule has 0 spiro atoms. The molecule has 3 rings (SSSR count). The minimum atomic E-state index is 0.0216. The summed E-state index contributed by atoms with van der Waals surface area (Å²) in [4.78, 5) is 17.3. The summed E-state index contributed by atoms with van der Waals surface area (Å²) in [6.45, 7) is 3.68. The summed E-state index contributed by atoms with van der Waals surface area (Å²) in [6.07, 6.45) is 3.33. The zero-order valence-corrected chi connectivity index (χ0v) is 12.8. The fourth-order valence-corrected chi connectivity index (χ4v) is 3.41. The quantitative estimate of drug-likeness (QED) is 0.898. The van der Waals surface area contributed by atoms with E-state index in [2.05, 4.69) is 46.4 Å². The van der Waals surface area contributed by atoms with Gasteiger partial charge in [-0.3, -0.25) is 4.79 Å². The van der Waals surface area contributed by atoms with Crippen LogP contribution in [0.15, 0.2) is 30.3 Å². The number of carbonyl (C=O) groups excluding carboxylic acids is 1. The molecule has 21 heavy (non-hydrogen) atoms. The normalized spacial score (nSPS) is 27.6. The van der Waals surface area contributed by atoms with Crippen LogP contribution in [-0.4, -0.2) is 55.0 Å². The van der Waals surface area contributed by atoms with Crippen molar-refractivity contribution in [2.24, 2.45) is 0 Å². The van der Waals surface area contributed by atoms with Gasteiger partial charge in [0.2, 0.25) is 5.91 Å². The fraction of sp³-hybridized carbons (Fsp3) is 0.588. The zero-order valence-electron chi connectivity index (χ0n) is 12.8. The summed E-state index contributed by atoms with van der Waals surface area (Å²) < 4.78 is 0. The maximum absolute atomic E-state index is 12.9. The third-order valence-electron chi connectivity index (χ3n) is 4.66. The van der Waals surface area contributed by atoms with Crippen LogP contribution in [0.5, 0.6) is 0 Å².